The summed E-state index contributed by atoms with van der Waals surface area (Å²) < 4.78 is 24.5. The van der Waals surface area contributed by atoms with Gasteiger partial charge in [0, 0.05) is 16.8 Å². The van der Waals surface area contributed by atoms with Crippen LogP contribution in [0.4, 0.5) is 5.69 Å². The molecule has 1 amide bonds. The molecular weight excluding hydrogens is 300 g/mol. The highest BCUT2D eigenvalue weighted by Crippen LogP contribution is 2.28. The number of anilines is 1. The molecule has 0 saturated heterocycles. The number of carbonyl (C=O) groups is 1. The normalized spacial score (nSPS) is 15.4. The molecule has 0 bridgehead atoms. The molecule has 1 N–H and O–H groups in total. The van der Waals surface area contributed by atoms with E-state index in [2.05, 4.69) is 5.32 Å². The fraction of sp³-hybridized carbons (Fsp3) is 0.462. The average molecular weight is 317 g/mol. The van der Waals surface area contributed by atoms with Crippen molar-refractivity contribution < 1.29 is 13.2 Å². The highest BCUT2D eigenvalue weighted by Gasteiger charge is 2.36. The quantitative estimate of drug-likeness (QED) is 0.903. The van der Waals surface area contributed by atoms with Crippen LogP contribution in [0.2, 0.25) is 5.02 Å². The number of rotatable bonds is 5. The zero-order valence-electron chi connectivity index (χ0n) is 11.4. The van der Waals surface area contributed by atoms with E-state index in [1.807, 2.05) is 6.92 Å². The third-order valence-electron chi connectivity index (χ3n) is 3.14. The van der Waals surface area contributed by atoms with Crippen LogP contribution in [0.15, 0.2) is 18.2 Å². The minimum absolute atomic E-state index is 0.0302. The van der Waals surface area contributed by atoms with Crippen LogP contribution in [0, 0.1) is 6.92 Å². The number of benzene rings is 1. The Labute approximate surface area is 124 Å². The lowest BCUT2D eigenvalue weighted by molar-refractivity contribution is -0.116. The molecule has 0 aromatic heterocycles. The molecule has 1 saturated carbocycles. The number of nitrogens with zero attached hydrogens (tertiary/aromatic N) is 1. The number of carbonyl (C=O) groups excluding carboxylic acids is 1. The summed E-state index contributed by atoms with van der Waals surface area (Å²) >= 11 is 5.98. The Morgan fingerprint density at radius 2 is 2.10 bits per heavy atom. The van der Waals surface area contributed by atoms with Gasteiger partial charge in [-0.05, 0) is 37.5 Å². The maximum atomic E-state index is 11.9. The number of hydrogen-bond acceptors (Lipinski definition) is 3. The van der Waals surface area contributed by atoms with Crippen molar-refractivity contribution in [3.05, 3.63) is 28.8 Å². The first-order valence-electron chi connectivity index (χ1n) is 6.30. The monoisotopic (exact) mass is 316 g/mol. The van der Waals surface area contributed by atoms with E-state index in [0.29, 0.717) is 10.7 Å². The first-order valence-corrected chi connectivity index (χ1v) is 8.53. The van der Waals surface area contributed by atoms with Gasteiger partial charge >= 0.3 is 0 Å². The van der Waals surface area contributed by atoms with Crippen LogP contribution in [0.5, 0.6) is 0 Å². The van der Waals surface area contributed by atoms with Crippen molar-refractivity contribution in [1.82, 2.24) is 4.31 Å². The van der Waals surface area contributed by atoms with Gasteiger partial charge < -0.3 is 5.32 Å². The van der Waals surface area contributed by atoms with Crippen LogP contribution in [0.25, 0.3) is 0 Å². The molecule has 5 nitrogen and oxygen atoms in total. The van der Waals surface area contributed by atoms with Gasteiger partial charge in [-0.2, -0.15) is 4.31 Å². The van der Waals surface area contributed by atoms with Crippen LogP contribution < -0.4 is 5.32 Å². The molecule has 0 spiro atoms. The van der Waals surface area contributed by atoms with Crippen molar-refractivity contribution in [1.29, 1.82) is 0 Å². The van der Waals surface area contributed by atoms with E-state index in [4.69, 9.17) is 11.6 Å². The predicted octanol–water partition coefficient (Wildman–Crippen LogP) is 2.01. The van der Waals surface area contributed by atoms with Gasteiger partial charge in [0.25, 0.3) is 0 Å². The molecule has 0 radical (unpaired) electrons. The Balaban J connectivity index is 2.02. The number of sulfonamides is 1. The zero-order valence-corrected chi connectivity index (χ0v) is 13.0. The van der Waals surface area contributed by atoms with E-state index < -0.39 is 10.0 Å². The van der Waals surface area contributed by atoms with Crippen molar-refractivity contribution in [3.63, 3.8) is 0 Å². The fourth-order valence-corrected chi connectivity index (χ4v) is 3.18. The van der Waals surface area contributed by atoms with Gasteiger partial charge in [0.05, 0.1) is 12.8 Å². The molecule has 1 aliphatic rings. The van der Waals surface area contributed by atoms with Crippen molar-refractivity contribution in [2.24, 2.45) is 0 Å². The van der Waals surface area contributed by atoms with E-state index in [0.717, 1.165) is 24.7 Å². The summed E-state index contributed by atoms with van der Waals surface area (Å²) in [4.78, 5) is 11.9. The van der Waals surface area contributed by atoms with Crippen molar-refractivity contribution in [2.45, 2.75) is 25.8 Å². The minimum Gasteiger partial charge on any atom is -0.325 e. The van der Waals surface area contributed by atoms with E-state index >= 15 is 0 Å². The zero-order chi connectivity index (χ0) is 14.9. The molecule has 20 heavy (non-hydrogen) atoms. The maximum Gasteiger partial charge on any atom is 0.239 e. The second kappa shape index (κ2) is 5.71. The SMILES string of the molecule is Cc1ccc(NC(=O)CN(C2CC2)S(C)(=O)=O)cc1Cl. The second-order valence-corrected chi connectivity index (χ2v) is 7.39. The van der Waals surface area contributed by atoms with Crippen LogP contribution in [-0.4, -0.2) is 37.5 Å². The highest BCUT2D eigenvalue weighted by atomic mass is 35.5. The second-order valence-electron chi connectivity index (χ2n) is 5.05. The molecule has 7 heteroatoms. The molecule has 1 fully saturated rings. The van der Waals surface area contributed by atoms with Gasteiger partial charge in [-0.1, -0.05) is 17.7 Å². The number of halogens is 1. The number of hydrogen-bond donors (Lipinski definition) is 1. The Morgan fingerprint density at radius 3 is 2.60 bits per heavy atom. The Hall–Kier alpha value is -1.11. The Kier molecular flexibility index (Phi) is 4.36. The van der Waals surface area contributed by atoms with Gasteiger partial charge in [0.2, 0.25) is 15.9 Å². The molecule has 0 atom stereocenters. The minimum atomic E-state index is -3.36. The lowest BCUT2D eigenvalue weighted by atomic mass is 10.2. The summed E-state index contributed by atoms with van der Waals surface area (Å²) in [6.07, 6.45) is 2.76. The molecule has 0 unspecified atom stereocenters. The van der Waals surface area contributed by atoms with E-state index in [1.165, 1.54) is 4.31 Å². The summed E-state index contributed by atoms with van der Waals surface area (Å²) in [7, 11) is -3.36. The largest absolute Gasteiger partial charge is 0.325 e. The molecule has 1 aliphatic carbocycles. The van der Waals surface area contributed by atoms with Crippen LogP contribution in [-0.2, 0) is 14.8 Å². The summed E-state index contributed by atoms with van der Waals surface area (Å²) in [6, 6.07) is 5.16. The summed E-state index contributed by atoms with van der Waals surface area (Å²) in [6.45, 7) is 1.71. The van der Waals surface area contributed by atoms with E-state index in [9.17, 15) is 13.2 Å². The van der Waals surface area contributed by atoms with Crippen LogP contribution in [0.3, 0.4) is 0 Å². The van der Waals surface area contributed by atoms with Gasteiger partial charge in [0.1, 0.15) is 0 Å². The molecule has 0 heterocycles. The van der Waals surface area contributed by atoms with Gasteiger partial charge in [-0.15, -0.1) is 0 Å². The summed E-state index contributed by atoms with van der Waals surface area (Å²) in [5, 5.41) is 3.23. The summed E-state index contributed by atoms with van der Waals surface area (Å²) in [5.74, 6) is -0.359. The number of nitrogens with one attached hydrogen (secondary N) is 1. The Morgan fingerprint density at radius 1 is 1.45 bits per heavy atom. The fourth-order valence-electron chi connectivity index (χ4n) is 1.89. The van der Waals surface area contributed by atoms with Crippen LogP contribution >= 0.6 is 11.6 Å². The average Bonchev–Trinajstić information content (AvgIpc) is 3.13. The smallest absolute Gasteiger partial charge is 0.239 e. The van der Waals surface area contributed by atoms with Gasteiger partial charge in [-0.3, -0.25) is 4.79 Å². The molecule has 2 rings (SSSR count). The van der Waals surface area contributed by atoms with Gasteiger partial charge in [-0.25, -0.2) is 8.42 Å². The van der Waals surface area contributed by atoms with Crippen molar-refractivity contribution in [2.75, 3.05) is 18.1 Å². The summed E-state index contributed by atoms with van der Waals surface area (Å²) in [5.41, 5.74) is 1.48. The van der Waals surface area contributed by atoms with E-state index in [-0.39, 0.29) is 18.5 Å². The number of amides is 1. The third-order valence-corrected chi connectivity index (χ3v) is 4.82. The van der Waals surface area contributed by atoms with Crippen molar-refractivity contribution in [3.8, 4) is 0 Å². The molecule has 110 valence electrons. The lowest BCUT2D eigenvalue weighted by Gasteiger charge is -2.18. The van der Waals surface area contributed by atoms with E-state index in [1.54, 1.807) is 18.2 Å². The van der Waals surface area contributed by atoms with Crippen molar-refractivity contribution >= 4 is 33.2 Å². The Bertz CT molecular complexity index is 627. The molecular formula is C13H17ClN2O3S. The highest BCUT2D eigenvalue weighted by molar-refractivity contribution is 7.88. The molecule has 0 aliphatic heterocycles. The van der Waals surface area contributed by atoms with Crippen LogP contribution in [0.1, 0.15) is 18.4 Å². The third kappa shape index (κ3) is 3.94. The topological polar surface area (TPSA) is 66.5 Å². The maximum absolute atomic E-state index is 11.9. The number of aryl methyl sites for hydroxylation is 1. The predicted molar refractivity (Wildman–Crippen MR) is 79.4 cm³/mol. The standard InChI is InChI=1S/C13H17ClN2O3S/c1-9-3-4-10(7-12(9)14)15-13(17)8-16(11-5-6-11)20(2,18)19/h3-4,7,11H,5-6,8H2,1-2H3,(H,15,17). The first-order chi connectivity index (χ1) is 9.27. The van der Waals surface area contributed by atoms with Gasteiger partial charge in [0.15, 0.2) is 0 Å². The first kappa shape index (κ1) is 15.3. The molecule has 1 aromatic carbocycles. The molecule has 1 aromatic rings. The lowest BCUT2D eigenvalue weighted by Crippen LogP contribution is -2.38.